The first kappa shape index (κ1) is 28.7. The molecule has 0 spiro atoms. The lowest BCUT2D eigenvalue weighted by Crippen LogP contribution is -2.43. The van der Waals surface area contributed by atoms with Crippen molar-refractivity contribution in [1.29, 1.82) is 0 Å². The van der Waals surface area contributed by atoms with Gasteiger partial charge in [-0.3, -0.25) is 9.59 Å². The van der Waals surface area contributed by atoms with Crippen LogP contribution in [0.3, 0.4) is 0 Å². The highest BCUT2D eigenvalue weighted by molar-refractivity contribution is 6.13. The van der Waals surface area contributed by atoms with Gasteiger partial charge in [-0.05, 0) is 51.0 Å². The predicted molar refractivity (Wildman–Crippen MR) is 147 cm³/mol. The average Bonchev–Trinajstić information content (AvgIpc) is 2.96. The van der Waals surface area contributed by atoms with Crippen LogP contribution in [-0.4, -0.2) is 52.3 Å². The second-order valence-corrected chi connectivity index (χ2v) is 9.50. The monoisotopic (exact) mass is 549 g/mol. The standard InChI is InChI=1S/C31H35NO8/c1-7-39-30(34)25-17(3)32-23-16-22(18-10-9-11-19(14-18)36-4)27(31(35)40-8-2)29(33)28(23)26(25)21-13-12-20(37-5)15-24(21)38-6/h9-15,22,26-27,32H,7-8,16H2,1-6H3/t22-,26-,27+/m1/s1. The Morgan fingerprint density at radius 1 is 0.925 bits per heavy atom. The van der Waals surface area contributed by atoms with Crippen LogP contribution in [-0.2, 0) is 23.9 Å². The van der Waals surface area contributed by atoms with E-state index >= 15 is 0 Å². The molecule has 40 heavy (non-hydrogen) atoms. The number of dihydropyridines is 1. The Morgan fingerprint density at radius 2 is 1.62 bits per heavy atom. The molecule has 9 nitrogen and oxygen atoms in total. The second kappa shape index (κ2) is 12.3. The van der Waals surface area contributed by atoms with Crippen LogP contribution in [0.4, 0.5) is 0 Å². The van der Waals surface area contributed by atoms with Crippen LogP contribution in [0.2, 0.25) is 0 Å². The van der Waals surface area contributed by atoms with Gasteiger partial charge in [0.25, 0.3) is 0 Å². The molecule has 1 aliphatic carbocycles. The number of ether oxygens (including phenoxy) is 5. The molecule has 2 aromatic rings. The normalized spacial score (nSPS) is 20.4. The van der Waals surface area contributed by atoms with E-state index in [2.05, 4.69) is 5.32 Å². The van der Waals surface area contributed by atoms with Crippen LogP contribution in [0.25, 0.3) is 0 Å². The Balaban J connectivity index is 1.95. The van der Waals surface area contributed by atoms with E-state index in [1.54, 1.807) is 53.2 Å². The van der Waals surface area contributed by atoms with Crippen molar-refractivity contribution in [2.75, 3.05) is 34.5 Å². The highest BCUT2D eigenvalue weighted by atomic mass is 16.5. The molecule has 212 valence electrons. The van der Waals surface area contributed by atoms with Crippen molar-refractivity contribution in [3.63, 3.8) is 0 Å². The summed E-state index contributed by atoms with van der Waals surface area (Å²) >= 11 is 0. The molecular weight excluding hydrogens is 514 g/mol. The number of methoxy groups -OCH3 is 3. The van der Waals surface area contributed by atoms with Crippen LogP contribution < -0.4 is 19.5 Å². The van der Waals surface area contributed by atoms with E-state index in [1.807, 2.05) is 24.3 Å². The van der Waals surface area contributed by atoms with Gasteiger partial charge in [0, 0.05) is 34.5 Å². The number of esters is 2. The maximum atomic E-state index is 14.5. The summed E-state index contributed by atoms with van der Waals surface area (Å²) in [7, 11) is 4.62. The summed E-state index contributed by atoms with van der Waals surface area (Å²) in [6, 6.07) is 12.5. The minimum atomic E-state index is -1.12. The summed E-state index contributed by atoms with van der Waals surface area (Å²) < 4.78 is 27.3. The number of ketones is 1. The number of nitrogens with one attached hydrogen (secondary N) is 1. The number of hydrogen-bond acceptors (Lipinski definition) is 9. The van der Waals surface area contributed by atoms with Gasteiger partial charge in [-0.15, -0.1) is 0 Å². The highest BCUT2D eigenvalue weighted by Gasteiger charge is 2.49. The second-order valence-electron chi connectivity index (χ2n) is 9.50. The summed E-state index contributed by atoms with van der Waals surface area (Å²) in [4.78, 5) is 41.2. The van der Waals surface area contributed by atoms with E-state index in [1.165, 1.54) is 7.11 Å². The molecular formula is C31H35NO8. The molecule has 2 aliphatic rings. The Kier molecular flexibility index (Phi) is 8.82. The first-order valence-electron chi connectivity index (χ1n) is 13.2. The third kappa shape index (κ3) is 5.28. The molecule has 0 saturated carbocycles. The molecule has 4 rings (SSSR count). The summed E-state index contributed by atoms with van der Waals surface area (Å²) in [5.74, 6) is -2.46. The molecule has 0 radical (unpaired) electrons. The predicted octanol–water partition coefficient (Wildman–Crippen LogP) is 4.43. The number of carbonyl (C=O) groups excluding carboxylic acids is 3. The van der Waals surface area contributed by atoms with Crippen LogP contribution in [0, 0.1) is 5.92 Å². The van der Waals surface area contributed by atoms with E-state index in [0.29, 0.717) is 46.2 Å². The van der Waals surface area contributed by atoms with Gasteiger partial charge in [-0.25, -0.2) is 4.79 Å². The van der Waals surface area contributed by atoms with Crippen molar-refractivity contribution in [1.82, 2.24) is 5.32 Å². The quantitative estimate of drug-likeness (QED) is 0.359. The summed E-state index contributed by atoms with van der Waals surface area (Å²) in [6.07, 6.45) is 0.333. The first-order valence-corrected chi connectivity index (χ1v) is 13.2. The van der Waals surface area contributed by atoms with Crippen molar-refractivity contribution >= 4 is 17.7 Å². The van der Waals surface area contributed by atoms with Crippen molar-refractivity contribution in [3.8, 4) is 17.2 Å². The lowest BCUT2D eigenvalue weighted by molar-refractivity contribution is -0.152. The molecule has 2 aromatic carbocycles. The fraction of sp³-hybridized carbons (Fsp3) is 0.387. The zero-order chi connectivity index (χ0) is 29.0. The molecule has 0 bridgehead atoms. The number of Topliss-reactive ketones (excluding diaryl/α,β-unsaturated/α-hetero) is 1. The van der Waals surface area contributed by atoms with E-state index in [9.17, 15) is 14.4 Å². The molecule has 1 N–H and O–H groups in total. The zero-order valence-corrected chi connectivity index (χ0v) is 23.7. The van der Waals surface area contributed by atoms with Gasteiger partial charge in [0.2, 0.25) is 0 Å². The Hall–Kier alpha value is -4.27. The topological polar surface area (TPSA) is 109 Å². The van der Waals surface area contributed by atoms with E-state index in [-0.39, 0.29) is 18.8 Å². The average molecular weight is 550 g/mol. The molecule has 0 aromatic heterocycles. The van der Waals surface area contributed by atoms with Gasteiger partial charge in [0.1, 0.15) is 23.2 Å². The van der Waals surface area contributed by atoms with Crippen molar-refractivity contribution < 1.29 is 38.1 Å². The number of hydrogen-bond donors (Lipinski definition) is 1. The molecule has 0 fully saturated rings. The third-order valence-corrected chi connectivity index (χ3v) is 7.33. The lowest BCUT2D eigenvalue weighted by Gasteiger charge is -2.39. The molecule has 0 amide bonds. The van der Waals surface area contributed by atoms with Crippen LogP contribution in [0.15, 0.2) is 65.0 Å². The minimum absolute atomic E-state index is 0.125. The van der Waals surface area contributed by atoms with Gasteiger partial charge in [0.15, 0.2) is 5.78 Å². The smallest absolute Gasteiger partial charge is 0.336 e. The highest BCUT2D eigenvalue weighted by Crippen LogP contribution is 2.50. The zero-order valence-electron chi connectivity index (χ0n) is 23.7. The van der Waals surface area contributed by atoms with Gasteiger partial charge in [0.05, 0.1) is 46.0 Å². The molecule has 0 unspecified atom stereocenters. The fourth-order valence-electron chi connectivity index (χ4n) is 5.57. The van der Waals surface area contributed by atoms with Crippen LogP contribution in [0.5, 0.6) is 17.2 Å². The van der Waals surface area contributed by atoms with Gasteiger partial charge >= 0.3 is 11.9 Å². The molecule has 9 heteroatoms. The SMILES string of the molecule is CCOC(=O)C1=C(C)NC2=C(C(=O)[C@@H](C(=O)OCC)[C@@H](c3cccc(OC)c3)C2)[C@@H]1c1ccc(OC)cc1OC. The molecule has 3 atom stereocenters. The van der Waals surface area contributed by atoms with Crippen molar-refractivity contribution in [3.05, 3.63) is 76.1 Å². The Labute approximate surface area is 234 Å². The largest absolute Gasteiger partial charge is 0.497 e. The summed E-state index contributed by atoms with van der Waals surface area (Å²) in [5.41, 5.74) is 3.14. The fourth-order valence-corrected chi connectivity index (χ4v) is 5.57. The van der Waals surface area contributed by atoms with E-state index in [0.717, 1.165) is 5.56 Å². The maximum absolute atomic E-state index is 14.5. The number of rotatable bonds is 9. The van der Waals surface area contributed by atoms with Gasteiger partial charge in [-0.2, -0.15) is 0 Å². The number of benzene rings is 2. The van der Waals surface area contributed by atoms with E-state index in [4.69, 9.17) is 23.7 Å². The molecule has 0 saturated heterocycles. The van der Waals surface area contributed by atoms with Crippen molar-refractivity contribution in [2.45, 2.75) is 39.0 Å². The van der Waals surface area contributed by atoms with Gasteiger partial charge < -0.3 is 29.0 Å². The van der Waals surface area contributed by atoms with Gasteiger partial charge in [-0.1, -0.05) is 18.2 Å². The van der Waals surface area contributed by atoms with Crippen molar-refractivity contribution in [2.24, 2.45) is 5.92 Å². The summed E-state index contributed by atoms with van der Waals surface area (Å²) in [6.45, 7) is 5.49. The number of allylic oxidation sites excluding steroid dienone is 3. The summed E-state index contributed by atoms with van der Waals surface area (Å²) in [5, 5.41) is 3.31. The minimum Gasteiger partial charge on any atom is -0.497 e. The number of carbonyl (C=O) groups is 3. The van der Waals surface area contributed by atoms with Crippen LogP contribution >= 0.6 is 0 Å². The Bertz CT molecular complexity index is 1380. The lowest BCUT2D eigenvalue weighted by atomic mass is 9.67. The molecule has 1 aliphatic heterocycles. The third-order valence-electron chi connectivity index (χ3n) is 7.33. The Morgan fingerprint density at radius 3 is 2.27 bits per heavy atom. The molecule has 1 heterocycles. The first-order chi connectivity index (χ1) is 19.3. The van der Waals surface area contributed by atoms with E-state index < -0.39 is 35.5 Å². The van der Waals surface area contributed by atoms with Crippen LogP contribution in [0.1, 0.15) is 50.2 Å². The maximum Gasteiger partial charge on any atom is 0.336 e.